The van der Waals surface area contributed by atoms with Gasteiger partial charge < -0.3 is 10.0 Å². The predicted molar refractivity (Wildman–Crippen MR) is 73.0 cm³/mol. The third-order valence-electron chi connectivity index (χ3n) is 2.97. The summed E-state index contributed by atoms with van der Waals surface area (Å²) in [5, 5.41) is 9.61. The van der Waals surface area contributed by atoms with E-state index in [4.69, 9.17) is 0 Å². The zero-order valence-corrected chi connectivity index (χ0v) is 11.1. The normalized spacial score (nSPS) is 10.3. The van der Waals surface area contributed by atoms with Gasteiger partial charge in [0.05, 0.1) is 5.56 Å². The summed E-state index contributed by atoms with van der Waals surface area (Å²) >= 11 is 0. The molecule has 0 fully saturated rings. The molecule has 2 rings (SSSR count). The van der Waals surface area contributed by atoms with Gasteiger partial charge in [-0.2, -0.15) is 0 Å². The maximum atomic E-state index is 13.1. The maximum absolute atomic E-state index is 13.1. The summed E-state index contributed by atoms with van der Waals surface area (Å²) < 4.78 is 13.1. The number of carbonyl (C=O) groups excluding carboxylic acids is 1. The molecule has 0 aliphatic heterocycles. The van der Waals surface area contributed by atoms with Crippen molar-refractivity contribution in [2.75, 3.05) is 13.6 Å². The maximum Gasteiger partial charge on any atom is 0.257 e. The van der Waals surface area contributed by atoms with E-state index in [0.717, 1.165) is 17.8 Å². The number of phenolic OH excluding ortho intramolecular Hbond substituents is 1. The van der Waals surface area contributed by atoms with Crippen molar-refractivity contribution >= 4 is 5.91 Å². The molecule has 2 aromatic rings. The van der Waals surface area contributed by atoms with Crippen LogP contribution in [0, 0.1) is 5.82 Å². The number of likely N-dealkylation sites (N-methyl/N-ethyl adjacent to an activating group) is 1. The third kappa shape index (κ3) is 3.32. The summed E-state index contributed by atoms with van der Waals surface area (Å²) in [5.74, 6) is -1.19. The molecule has 0 saturated heterocycles. The van der Waals surface area contributed by atoms with E-state index >= 15 is 0 Å². The molecule has 1 aromatic carbocycles. The highest BCUT2D eigenvalue weighted by atomic mass is 19.1. The van der Waals surface area contributed by atoms with Gasteiger partial charge in [-0.1, -0.05) is 6.07 Å². The minimum absolute atomic E-state index is 0.0338. The fourth-order valence-electron chi connectivity index (χ4n) is 1.81. The first kappa shape index (κ1) is 14.0. The lowest BCUT2D eigenvalue weighted by molar-refractivity contribution is 0.0793. The number of nitrogens with zero attached hydrogens (tertiary/aromatic N) is 2. The monoisotopic (exact) mass is 274 g/mol. The van der Waals surface area contributed by atoms with Crippen molar-refractivity contribution in [2.24, 2.45) is 0 Å². The number of pyridine rings is 1. The van der Waals surface area contributed by atoms with Crippen molar-refractivity contribution in [1.82, 2.24) is 9.88 Å². The summed E-state index contributed by atoms with van der Waals surface area (Å²) in [6.07, 6.45) is 2.29. The van der Waals surface area contributed by atoms with E-state index in [2.05, 4.69) is 4.98 Å². The Labute approximate surface area is 116 Å². The lowest BCUT2D eigenvalue weighted by Gasteiger charge is -2.17. The van der Waals surface area contributed by atoms with Crippen LogP contribution in [0.3, 0.4) is 0 Å². The van der Waals surface area contributed by atoms with Gasteiger partial charge in [0.25, 0.3) is 5.91 Å². The van der Waals surface area contributed by atoms with Crippen molar-refractivity contribution in [3.8, 4) is 5.75 Å². The van der Waals surface area contributed by atoms with Gasteiger partial charge in [-0.25, -0.2) is 4.39 Å². The van der Waals surface area contributed by atoms with Gasteiger partial charge in [-0.05, 0) is 30.3 Å². The Kier molecular flexibility index (Phi) is 4.30. The molecule has 0 radical (unpaired) electrons. The van der Waals surface area contributed by atoms with Gasteiger partial charge in [0.15, 0.2) is 0 Å². The van der Waals surface area contributed by atoms with Crippen molar-refractivity contribution in [1.29, 1.82) is 0 Å². The minimum atomic E-state index is -0.552. The number of rotatable bonds is 4. The molecule has 0 aliphatic carbocycles. The van der Waals surface area contributed by atoms with E-state index in [1.807, 2.05) is 18.2 Å². The Balaban J connectivity index is 2.03. The van der Waals surface area contributed by atoms with E-state index in [0.29, 0.717) is 13.0 Å². The molecule has 1 aromatic heterocycles. The SMILES string of the molecule is CN(CCc1ccccn1)C(=O)c1cc(F)ccc1O. The molecule has 0 saturated carbocycles. The molecule has 0 atom stereocenters. The van der Waals surface area contributed by atoms with Gasteiger partial charge in [0.2, 0.25) is 0 Å². The highest BCUT2D eigenvalue weighted by Crippen LogP contribution is 2.19. The predicted octanol–water partition coefficient (Wildman–Crippen LogP) is 2.24. The number of hydrogen-bond acceptors (Lipinski definition) is 3. The number of benzene rings is 1. The zero-order chi connectivity index (χ0) is 14.5. The lowest BCUT2D eigenvalue weighted by Crippen LogP contribution is -2.29. The Morgan fingerprint density at radius 2 is 2.15 bits per heavy atom. The van der Waals surface area contributed by atoms with Crippen LogP contribution in [0.5, 0.6) is 5.75 Å². The van der Waals surface area contributed by atoms with Crippen LogP contribution in [0.15, 0.2) is 42.6 Å². The average Bonchev–Trinajstić information content (AvgIpc) is 2.47. The van der Waals surface area contributed by atoms with Crippen molar-refractivity contribution in [3.05, 3.63) is 59.7 Å². The molecule has 0 aliphatic rings. The molecule has 4 nitrogen and oxygen atoms in total. The first-order valence-electron chi connectivity index (χ1n) is 6.22. The van der Waals surface area contributed by atoms with E-state index in [1.54, 1.807) is 13.2 Å². The summed E-state index contributed by atoms with van der Waals surface area (Å²) in [7, 11) is 1.61. The molecule has 5 heteroatoms. The second kappa shape index (κ2) is 6.14. The van der Waals surface area contributed by atoms with E-state index < -0.39 is 11.7 Å². The molecule has 0 unspecified atom stereocenters. The van der Waals surface area contributed by atoms with Crippen LogP contribution in [0.1, 0.15) is 16.1 Å². The number of halogens is 1. The topological polar surface area (TPSA) is 53.4 Å². The van der Waals surface area contributed by atoms with Crippen LogP contribution in [0.2, 0.25) is 0 Å². The summed E-state index contributed by atoms with van der Waals surface area (Å²) in [5.41, 5.74) is 0.837. The van der Waals surface area contributed by atoms with E-state index in [9.17, 15) is 14.3 Å². The van der Waals surface area contributed by atoms with Gasteiger partial charge in [-0.15, -0.1) is 0 Å². The number of phenols is 1. The number of carbonyl (C=O) groups is 1. The highest BCUT2D eigenvalue weighted by molar-refractivity contribution is 5.96. The molecule has 1 heterocycles. The molecular weight excluding hydrogens is 259 g/mol. The van der Waals surface area contributed by atoms with Crippen LogP contribution in [-0.4, -0.2) is 34.5 Å². The number of amides is 1. The zero-order valence-electron chi connectivity index (χ0n) is 11.1. The van der Waals surface area contributed by atoms with Crippen LogP contribution in [-0.2, 0) is 6.42 Å². The largest absolute Gasteiger partial charge is 0.507 e. The van der Waals surface area contributed by atoms with E-state index in [1.165, 1.54) is 11.0 Å². The third-order valence-corrected chi connectivity index (χ3v) is 2.97. The van der Waals surface area contributed by atoms with Gasteiger partial charge in [-0.3, -0.25) is 9.78 Å². The molecule has 1 N–H and O–H groups in total. The molecule has 20 heavy (non-hydrogen) atoms. The van der Waals surface area contributed by atoms with Crippen molar-refractivity contribution in [3.63, 3.8) is 0 Å². The Morgan fingerprint density at radius 3 is 2.85 bits per heavy atom. The molecule has 104 valence electrons. The lowest BCUT2D eigenvalue weighted by atomic mass is 10.1. The van der Waals surface area contributed by atoms with Gasteiger partial charge in [0, 0.05) is 31.9 Å². The minimum Gasteiger partial charge on any atom is -0.507 e. The van der Waals surface area contributed by atoms with Crippen LogP contribution in [0.4, 0.5) is 4.39 Å². The Hall–Kier alpha value is -2.43. The summed E-state index contributed by atoms with van der Waals surface area (Å²) in [6, 6.07) is 8.90. The smallest absolute Gasteiger partial charge is 0.257 e. The average molecular weight is 274 g/mol. The molecule has 0 bridgehead atoms. The van der Waals surface area contributed by atoms with Crippen LogP contribution < -0.4 is 0 Å². The van der Waals surface area contributed by atoms with E-state index in [-0.39, 0.29) is 11.3 Å². The molecule has 0 spiro atoms. The summed E-state index contributed by atoms with van der Waals surface area (Å²) in [4.78, 5) is 17.7. The molecule has 1 amide bonds. The number of hydrogen-bond donors (Lipinski definition) is 1. The summed E-state index contributed by atoms with van der Waals surface area (Å²) in [6.45, 7) is 0.436. The fourth-order valence-corrected chi connectivity index (χ4v) is 1.81. The number of aromatic nitrogens is 1. The van der Waals surface area contributed by atoms with Gasteiger partial charge >= 0.3 is 0 Å². The van der Waals surface area contributed by atoms with Crippen LogP contribution in [0.25, 0.3) is 0 Å². The quantitative estimate of drug-likeness (QED) is 0.930. The first-order valence-corrected chi connectivity index (χ1v) is 6.22. The second-order valence-electron chi connectivity index (χ2n) is 4.46. The Bertz CT molecular complexity index is 602. The highest BCUT2D eigenvalue weighted by Gasteiger charge is 2.16. The van der Waals surface area contributed by atoms with Gasteiger partial charge in [0.1, 0.15) is 11.6 Å². The first-order chi connectivity index (χ1) is 9.58. The van der Waals surface area contributed by atoms with Crippen molar-refractivity contribution < 1.29 is 14.3 Å². The van der Waals surface area contributed by atoms with Crippen molar-refractivity contribution in [2.45, 2.75) is 6.42 Å². The second-order valence-corrected chi connectivity index (χ2v) is 4.46. The van der Waals surface area contributed by atoms with Crippen LogP contribution >= 0.6 is 0 Å². The number of aromatic hydroxyl groups is 1. The fraction of sp³-hybridized carbons (Fsp3) is 0.200. The Morgan fingerprint density at radius 1 is 1.35 bits per heavy atom. The standard InChI is InChI=1S/C15H15FN2O2/c1-18(9-7-12-4-2-3-8-17-12)15(20)13-10-11(16)5-6-14(13)19/h2-6,8,10,19H,7,9H2,1H3. The molecular formula is C15H15FN2O2.